The average Bonchev–Trinajstić information content (AvgIpc) is 3.18. The van der Waals surface area contributed by atoms with Crippen LogP contribution in [0.2, 0.25) is 0 Å². The van der Waals surface area contributed by atoms with Crippen molar-refractivity contribution < 1.29 is 14.3 Å². The molecule has 7 heteroatoms. The molecule has 31 heavy (non-hydrogen) atoms. The molecule has 0 unspecified atom stereocenters. The summed E-state index contributed by atoms with van der Waals surface area (Å²) in [7, 11) is 1.57. The third-order valence-corrected chi connectivity index (χ3v) is 6.59. The molecular formula is C24H30N4O3. The lowest BCUT2D eigenvalue weighted by molar-refractivity contribution is -0.131. The number of carbonyl (C=O) groups is 2. The predicted molar refractivity (Wildman–Crippen MR) is 119 cm³/mol. The van der Waals surface area contributed by atoms with Crippen molar-refractivity contribution in [3.8, 4) is 5.75 Å². The van der Waals surface area contributed by atoms with Gasteiger partial charge in [-0.05, 0) is 57.4 Å². The van der Waals surface area contributed by atoms with Crippen molar-refractivity contribution in [2.45, 2.75) is 64.5 Å². The highest BCUT2D eigenvalue weighted by molar-refractivity contribution is 6.07. The molecule has 0 spiro atoms. The number of nitrogens with one attached hydrogen (secondary N) is 1. The largest absolute Gasteiger partial charge is 0.497 e. The number of hydrogen-bond donors (Lipinski definition) is 1. The minimum absolute atomic E-state index is 0.414. The Balaban J connectivity index is 1.58. The van der Waals surface area contributed by atoms with Crippen LogP contribution in [0.4, 0.5) is 4.79 Å². The van der Waals surface area contributed by atoms with Crippen molar-refractivity contribution in [2.75, 3.05) is 7.11 Å². The van der Waals surface area contributed by atoms with E-state index in [4.69, 9.17) is 4.74 Å². The second-order valence-electron chi connectivity index (χ2n) is 8.64. The molecule has 1 atom stereocenters. The molecule has 3 amide bonds. The number of hydrazone groups is 1. The predicted octanol–water partition coefficient (Wildman–Crippen LogP) is 4.42. The summed E-state index contributed by atoms with van der Waals surface area (Å²) in [5, 5.41) is 7.98. The van der Waals surface area contributed by atoms with Crippen LogP contribution in [0.3, 0.4) is 0 Å². The van der Waals surface area contributed by atoms with Gasteiger partial charge in [0.1, 0.15) is 11.3 Å². The highest BCUT2D eigenvalue weighted by Crippen LogP contribution is 2.33. The number of methoxy groups -OCH3 is 1. The van der Waals surface area contributed by atoms with Crippen molar-refractivity contribution in [2.24, 2.45) is 5.10 Å². The number of urea groups is 1. The maximum absolute atomic E-state index is 13.1. The number of nitrogens with zero attached hydrogens (tertiary/aromatic N) is 3. The SMILES string of the molecule is COc1cccc([C@@]2(C)NC(=O)N(/N=C\c3cc(C)n(C4CCCCC4)c3C)C2=O)c1. The Hall–Kier alpha value is -3.09. The number of aromatic nitrogens is 1. The summed E-state index contributed by atoms with van der Waals surface area (Å²) in [6, 6.07) is 9.20. The van der Waals surface area contributed by atoms with Gasteiger partial charge in [0.25, 0.3) is 5.91 Å². The van der Waals surface area contributed by atoms with E-state index in [0.29, 0.717) is 17.4 Å². The first-order chi connectivity index (χ1) is 14.8. The molecule has 0 radical (unpaired) electrons. The highest BCUT2D eigenvalue weighted by Gasteiger charge is 2.49. The molecule has 1 aliphatic heterocycles. The summed E-state index contributed by atoms with van der Waals surface area (Å²) in [6.07, 6.45) is 7.84. The third kappa shape index (κ3) is 3.73. The van der Waals surface area contributed by atoms with Crippen molar-refractivity contribution in [3.05, 3.63) is 52.8 Å². The molecule has 1 aromatic carbocycles. The summed E-state index contributed by atoms with van der Waals surface area (Å²) in [5.74, 6) is 0.209. The monoisotopic (exact) mass is 422 g/mol. The van der Waals surface area contributed by atoms with Crippen molar-refractivity contribution in [1.82, 2.24) is 14.9 Å². The zero-order valence-electron chi connectivity index (χ0n) is 18.6. The molecule has 2 aliphatic rings. The van der Waals surface area contributed by atoms with E-state index in [2.05, 4.69) is 34.9 Å². The Kier molecular flexibility index (Phi) is 5.60. The molecule has 2 aromatic rings. The Morgan fingerprint density at radius 3 is 2.61 bits per heavy atom. The fraction of sp³-hybridized carbons (Fsp3) is 0.458. The number of benzene rings is 1. The van der Waals surface area contributed by atoms with Crippen LogP contribution in [0, 0.1) is 13.8 Å². The summed E-state index contributed by atoms with van der Waals surface area (Å²) in [4.78, 5) is 25.7. The van der Waals surface area contributed by atoms with Gasteiger partial charge in [-0.25, -0.2) is 4.79 Å². The van der Waals surface area contributed by atoms with Crippen LogP contribution in [-0.2, 0) is 10.3 Å². The molecule has 1 aromatic heterocycles. The number of rotatable bonds is 5. The summed E-state index contributed by atoms with van der Waals surface area (Å²) in [5.41, 5.74) is 2.69. The Morgan fingerprint density at radius 1 is 1.16 bits per heavy atom. The van der Waals surface area contributed by atoms with Gasteiger partial charge in [-0.1, -0.05) is 31.4 Å². The summed E-state index contributed by atoms with van der Waals surface area (Å²) >= 11 is 0. The number of imide groups is 1. The molecule has 0 bridgehead atoms. The number of ether oxygens (including phenoxy) is 1. The van der Waals surface area contributed by atoms with Crippen LogP contribution in [0.15, 0.2) is 35.4 Å². The fourth-order valence-electron chi connectivity index (χ4n) is 4.81. The van der Waals surface area contributed by atoms with Gasteiger partial charge >= 0.3 is 6.03 Å². The molecule has 1 saturated heterocycles. The third-order valence-electron chi connectivity index (χ3n) is 6.59. The van der Waals surface area contributed by atoms with Crippen LogP contribution in [0.25, 0.3) is 0 Å². The lowest BCUT2D eigenvalue weighted by Crippen LogP contribution is -2.40. The van der Waals surface area contributed by atoms with Crippen molar-refractivity contribution in [1.29, 1.82) is 0 Å². The number of carbonyl (C=O) groups excluding carboxylic acids is 2. The van der Waals surface area contributed by atoms with Crippen LogP contribution >= 0.6 is 0 Å². The highest BCUT2D eigenvalue weighted by atomic mass is 16.5. The lowest BCUT2D eigenvalue weighted by atomic mass is 9.92. The van der Waals surface area contributed by atoms with Gasteiger partial charge in [-0.15, -0.1) is 5.01 Å². The van der Waals surface area contributed by atoms with Crippen molar-refractivity contribution >= 4 is 18.2 Å². The van der Waals surface area contributed by atoms with Crippen LogP contribution < -0.4 is 10.1 Å². The maximum atomic E-state index is 13.1. The molecule has 2 heterocycles. The van der Waals surface area contributed by atoms with E-state index in [1.807, 2.05) is 0 Å². The zero-order valence-corrected chi connectivity index (χ0v) is 18.6. The van der Waals surface area contributed by atoms with Gasteiger partial charge in [0, 0.05) is 23.0 Å². The Labute approximate surface area is 183 Å². The fourth-order valence-corrected chi connectivity index (χ4v) is 4.81. The number of amides is 3. The molecule has 7 nitrogen and oxygen atoms in total. The second-order valence-corrected chi connectivity index (χ2v) is 8.64. The zero-order chi connectivity index (χ0) is 22.2. The van der Waals surface area contributed by atoms with Crippen LogP contribution in [-0.4, -0.2) is 34.8 Å². The van der Waals surface area contributed by atoms with Crippen molar-refractivity contribution in [3.63, 3.8) is 0 Å². The molecule has 4 rings (SSSR count). The Bertz CT molecular complexity index is 1040. The summed E-state index contributed by atoms with van der Waals surface area (Å²) in [6.45, 7) is 5.87. The minimum atomic E-state index is -1.19. The van der Waals surface area contributed by atoms with Gasteiger partial charge in [-0.3, -0.25) is 4.79 Å². The smallest absolute Gasteiger partial charge is 0.346 e. The van der Waals surface area contributed by atoms with E-state index < -0.39 is 17.5 Å². The molecular weight excluding hydrogens is 392 g/mol. The van der Waals surface area contributed by atoms with Crippen LogP contribution in [0.5, 0.6) is 5.75 Å². The topological polar surface area (TPSA) is 75.9 Å². The van der Waals surface area contributed by atoms with Gasteiger partial charge in [-0.2, -0.15) is 5.10 Å². The average molecular weight is 423 g/mol. The van der Waals surface area contributed by atoms with Gasteiger partial charge < -0.3 is 14.6 Å². The lowest BCUT2D eigenvalue weighted by Gasteiger charge is -2.26. The van der Waals surface area contributed by atoms with Gasteiger partial charge in [0.2, 0.25) is 0 Å². The number of hydrogen-bond acceptors (Lipinski definition) is 4. The van der Waals surface area contributed by atoms with Gasteiger partial charge in [0.15, 0.2) is 0 Å². The molecule has 164 valence electrons. The Morgan fingerprint density at radius 2 is 1.90 bits per heavy atom. The minimum Gasteiger partial charge on any atom is -0.497 e. The first-order valence-electron chi connectivity index (χ1n) is 10.9. The summed E-state index contributed by atoms with van der Waals surface area (Å²) < 4.78 is 7.64. The standard InChI is InChI=1S/C24H30N4O3/c1-16-13-18(17(2)27(16)20-10-6-5-7-11-20)15-25-28-22(29)24(3,26-23(28)30)19-9-8-12-21(14-19)31-4/h8-9,12-15,20H,5-7,10-11H2,1-4H3,(H,26,30)/b25-15-/t24-/m1/s1. The normalized spacial score (nSPS) is 22.4. The quantitative estimate of drug-likeness (QED) is 0.572. The van der Waals surface area contributed by atoms with E-state index >= 15 is 0 Å². The van der Waals surface area contributed by atoms with E-state index in [0.717, 1.165) is 16.3 Å². The van der Waals surface area contributed by atoms with Crippen LogP contribution in [0.1, 0.15) is 67.6 Å². The molecule has 1 aliphatic carbocycles. The first kappa shape index (κ1) is 21.2. The van der Waals surface area contributed by atoms with E-state index in [1.54, 1.807) is 44.5 Å². The molecule has 1 saturated carbocycles. The van der Waals surface area contributed by atoms with E-state index in [9.17, 15) is 9.59 Å². The maximum Gasteiger partial charge on any atom is 0.346 e. The van der Waals surface area contributed by atoms with E-state index in [1.165, 1.54) is 37.8 Å². The number of aryl methyl sites for hydroxylation is 1. The molecule has 1 N–H and O–H groups in total. The second kappa shape index (κ2) is 8.21. The van der Waals surface area contributed by atoms with E-state index in [-0.39, 0.29) is 0 Å². The first-order valence-corrected chi connectivity index (χ1v) is 10.9. The molecule has 2 fully saturated rings. The van der Waals surface area contributed by atoms with Gasteiger partial charge in [0.05, 0.1) is 13.3 Å².